The van der Waals surface area contributed by atoms with Crippen LogP contribution in [0.15, 0.2) is 42.5 Å². The molecule has 3 N–H and O–H groups in total. The number of nitrogens with one attached hydrogen (secondary N) is 1. The van der Waals surface area contributed by atoms with E-state index in [1.165, 1.54) is 6.08 Å². The first kappa shape index (κ1) is 15.1. The van der Waals surface area contributed by atoms with Crippen molar-refractivity contribution < 1.29 is 4.79 Å². The highest BCUT2D eigenvalue weighted by Crippen LogP contribution is 2.20. The number of nitrogens with two attached hydrogens (primary N) is 1. The van der Waals surface area contributed by atoms with Crippen molar-refractivity contribution in [3.8, 4) is 0 Å². The molecule has 0 radical (unpaired) electrons. The van der Waals surface area contributed by atoms with Gasteiger partial charge in [-0.15, -0.1) is 0 Å². The average Bonchev–Trinajstić information content (AvgIpc) is 2.44. The summed E-state index contributed by atoms with van der Waals surface area (Å²) >= 11 is 6.02. The van der Waals surface area contributed by atoms with Crippen LogP contribution in [0, 0.1) is 13.8 Å². The predicted molar refractivity (Wildman–Crippen MR) is 89.4 cm³/mol. The molecule has 0 fully saturated rings. The first-order chi connectivity index (χ1) is 9.95. The third-order valence-electron chi connectivity index (χ3n) is 3.17. The fourth-order valence-electron chi connectivity index (χ4n) is 1.79. The number of carbonyl (C=O) groups is 1. The van der Waals surface area contributed by atoms with Crippen LogP contribution in [-0.2, 0) is 4.79 Å². The zero-order chi connectivity index (χ0) is 15.4. The number of hydrogen-bond donors (Lipinski definition) is 2. The zero-order valence-electron chi connectivity index (χ0n) is 12.0. The van der Waals surface area contributed by atoms with E-state index < -0.39 is 0 Å². The van der Waals surface area contributed by atoms with Gasteiger partial charge in [0.25, 0.3) is 0 Å². The molecule has 0 saturated heterocycles. The Hall–Kier alpha value is -2.26. The number of halogens is 1. The van der Waals surface area contributed by atoms with Crippen LogP contribution in [0.1, 0.15) is 16.7 Å². The van der Waals surface area contributed by atoms with Crippen LogP contribution < -0.4 is 11.1 Å². The summed E-state index contributed by atoms with van der Waals surface area (Å²) in [6.07, 6.45) is 3.19. The summed E-state index contributed by atoms with van der Waals surface area (Å²) in [4.78, 5) is 11.9. The van der Waals surface area contributed by atoms with Gasteiger partial charge in [0.15, 0.2) is 0 Å². The number of benzene rings is 2. The smallest absolute Gasteiger partial charge is 0.248 e. The lowest BCUT2D eigenvalue weighted by Crippen LogP contribution is -2.07. The maximum atomic E-state index is 11.9. The number of aryl methyl sites for hydroxylation is 2. The average molecular weight is 301 g/mol. The second kappa shape index (κ2) is 6.46. The standard InChI is InChI=1S/C17H17ClN2O/c1-11-4-7-14(10-15(11)18)20-17(21)8-6-13-5-3-12(2)16(19)9-13/h3-10H,19H2,1-2H3,(H,20,21)/b8-6+. The van der Waals surface area contributed by atoms with Crippen LogP contribution in [0.5, 0.6) is 0 Å². The van der Waals surface area contributed by atoms with E-state index in [-0.39, 0.29) is 5.91 Å². The minimum atomic E-state index is -0.214. The summed E-state index contributed by atoms with van der Waals surface area (Å²) in [6.45, 7) is 3.85. The highest BCUT2D eigenvalue weighted by Gasteiger charge is 2.01. The van der Waals surface area contributed by atoms with Crippen LogP contribution in [0.3, 0.4) is 0 Å². The number of amides is 1. The van der Waals surface area contributed by atoms with Crippen molar-refractivity contribution in [3.63, 3.8) is 0 Å². The first-order valence-corrected chi connectivity index (χ1v) is 6.95. The normalized spacial score (nSPS) is 10.8. The Balaban J connectivity index is 2.05. The minimum absolute atomic E-state index is 0.214. The summed E-state index contributed by atoms with van der Waals surface area (Å²) in [7, 11) is 0. The van der Waals surface area contributed by atoms with E-state index in [9.17, 15) is 4.79 Å². The molecule has 0 unspecified atom stereocenters. The lowest BCUT2D eigenvalue weighted by atomic mass is 10.1. The number of hydrogen-bond acceptors (Lipinski definition) is 2. The summed E-state index contributed by atoms with van der Waals surface area (Å²) in [5, 5.41) is 3.39. The molecule has 0 bridgehead atoms. The van der Waals surface area contributed by atoms with Crippen LogP contribution in [-0.4, -0.2) is 5.91 Å². The molecule has 0 saturated carbocycles. The van der Waals surface area contributed by atoms with E-state index in [0.29, 0.717) is 16.4 Å². The summed E-state index contributed by atoms with van der Waals surface area (Å²) < 4.78 is 0. The Morgan fingerprint density at radius 3 is 2.52 bits per heavy atom. The van der Waals surface area contributed by atoms with Gasteiger partial charge in [-0.2, -0.15) is 0 Å². The Morgan fingerprint density at radius 2 is 1.86 bits per heavy atom. The Bertz CT molecular complexity index is 708. The van der Waals surface area contributed by atoms with Gasteiger partial charge >= 0.3 is 0 Å². The van der Waals surface area contributed by atoms with Crippen LogP contribution in [0.4, 0.5) is 11.4 Å². The largest absolute Gasteiger partial charge is 0.398 e. The Morgan fingerprint density at radius 1 is 1.14 bits per heavy atom. The predicted octanol–water partition coefficient (Wildman–Crippen LogP) is 4.19. The Kier molecular flexibility index (Phi) is 4.66. The first-order valence-electron chi connectivity index (χ1n) is 6.57. The highest BCUT2D eigenvalue weighted by molar-refractivity contribution is 6.31. The molecule has 2 rings (SSSR count). The maximum absolute atomic E-state index is 11.9. The maximum Gasteiger partial charge on any atom is 0.248 e. The van der Waals surface area contributed by atoms with Crippen molar-refractivity contribution in [2.24, 2.45) is 0 Å². The molecule has 0 aliphatic rings. The fraction of sp³-hybridized carbons (Fsp3) is 0.118. The molecule has 0 heterocycles. The molecule has 2 aromatic rings. The molecule has 0 aliphatic carbocycles. The lowest BCUT2D eigenvalue weighted by molar-refractivity contribution is -0.111. The molecule has 0 aliphatic heterocycles. The van der Waals surface area contributed by atoms with Crippen molar-refractivity contribution in [1.82, 2.24) is 0 Å². The molecule has 0 aromatic heterocycles. The molecule has 4 heteroatoms. The SMILES string of the molecule is Cc1ccc(/C=C/C(=O)Nc2ccc(C)c(Cl)c2)cc1N. The van der Waals surface area contributed by atoms with Crippen molar-refractivity contribution in [2.45, 2.75) is 13.8 Å². The molecular formula is C17H17ClN2O. The van der Waals surface area contributed by atoms with E-state index in [0.717, 1.165) is 16.7 Å². The van der Waals surface area contributed by atoms with Gasteiger partial charge in [0.05, 0.1) is 0 Å². The molecule has 0 atom stereocenters. The van der Waals surface area contributed by atoms with E-state index in [1.807, 2.05) is 44.2 Å². The van der Waals surface area contributed by atoms with Crippen LogP contribution >= 0.6 is 11.6 Å². The summed E-state index contributed by atoms with van der Waals surface area (Å²) in [5.74, 6) is -0.214. The second-order valence-corrected chi connectivity index (χ2v) is 5.31. The molecule has 108 valence electrons. The topological polar surface area (TPSA) is 55.1 Å². The van der Waals surface area contributed by atoms with Gasteiger partial charge in [0.2, 0.25) is 5.91 Å². The number of rotatable bonds is 3. The molecule has 0 spiro atoms. The highest BCUT2D eigenvalue weighted by atomic mass is 35.5. The third kappa shape index (κ3) is 4.10. The molecular weight excluding hydrogens is 284 g/mol. The van der Waals surface area contributed by atoms with Gasteiger partial charge in [-0.25, -0.2) is 0 Å². The van der Waals surface area contributed by atoms with Gasteiger partial charge in [0.1, 0.15) is 0 Å². The molecule has 1 amide bonds. The van der Waals surface area contributed by atoms with E-state index in [1.54, 1.807) is 12.1 Å². The molecule has 2 aromatic carbocycles. The molecule has 3 nitrogen and oxygen atoms in total. The van der Waals surface area contributed by atoms with Crippen LogP contribution in [0.25, 0.3) is 6.08 Å². The Labute approximate surface area is 129 Å². The second-order valence-electron chi connectivity index (χ2n) is 4.90. The van der Waals surface area contributed by atoms with Crippen molar-refractivity contribution in [3.05, 3.63) is 64.2 Å². The zero-order valence-corrected chi connectivity index (χ0v) is 12.7. The fourth-order valence-corrected chi connectivity index (χ4v) is 1.97. The third-order valence-corrected chi connectivity index (χ3v) is 3.58. The number of anilines is 2. The van der Waals surface area contributed by atoms with Gasteiger partial charge in [0, 0.05) is 22.5 Å². The number of nitrogen functional groups attached to an aromatic ring is 1. The lowest BCUT2D eigenvalue weighted by Gasteiger charge is -2.04. The minimum Gasteiger partial charge on any atom is -0.398 e. The molecule has 21 heavy (non-hydrogen) atoms. The van der Waals surface area contributed by atoms with Crippen molar-refractivity contribution >= 4 is 35.0 Å². The van der Waals surface area contributed by atoms with Gasteiger partial charge in [-0.1, -0.05) is 29.8 Å². The van der Waals surface area contributed by atoms with Gasteiger partial charge in [-0.05, 0) is 54.8 Å². The van der Waals surface area contributed by atoms with E-state index in [4.69, 9.17) is 17.3 Å². The quantitative estimate of drug-likeness (QED) is 0.659. The number of carbonyl (C=O) groups excluding carboxylic acids is 1. The summed E-state index contributed by atoms with van der Waals surface area (Å²) in [5.41, 5.74) is 10.1. The summed E-state index contributed by atoms with van der Waals surface area (Å²) in [6, 6.07) is 11.1. The van der Waals surface area contributed by atoms with Crippen LogP contribution in [0.2, 0.25) is 5.02 Å². The van der Waals surface area contributed by atoms with E-state index in [2.05, 4.69) is 5.32 Å². The van der Waals surface area contributed by atoms with Gasteiger partial charge in [-0.3, -0.25) is 4.79 Å². The van der Waals surface area contributed by atoms with Crippen molar-refractivity contribution in [1.29, 1.82) is 0 Å². The van der Waals surface area contributed by atoms with Gasteiger partial charge < -0.3 is 11.1 Å². The monoisotopic (exact) mass is 300 g/mol. The van der Waals surface area contributed by atoms with Crippen molar-refractivity contribution in [2.75, 3.05) is 11.1 Å². The van der Waals surface area contributed by atoms with E-state index >= 15 is 0 Å².